The second kappa shape index (κ2) is 7.49. The molecular formula is C16H33NO. The molecule has 1 saturated carbocycles. The molecule has 1 atom stereocenters. The summed E-state index contributed by atoms with van der Waals surface area (Å²) >= 11 is 0. The van der Waals surface area contributed by atoms with Crippen molar-refractivity contribution in [2.75, 3.05) is 7.11 Å². The SMILES string of the molecule is CCCC1CCC(NC(C)CC(C)(C)OC)CC1. The summed E-state index contributed by atoms with van der Waals surface area (Å²) in [6.07, 6.45) is 9.43. The zero-order chi connectivity index (χ0) is 13.6. The van der Waals surface area contributed by atoms with Gasteiger partial charge in [-0.3, -0.25) is 0 Å². The molecule has 0 aromatic heterocycles. The fraction of sp³-hybridized carbons (Fsp3) is 1.00. The van der Waals surface area contributed by atoms with E-state index in [4.69, 9.17) is 4.74 Å². The fourth-order valence-electron chi connectivity index (χ4n) is 3.31. The van der Waals surface area contributed by atoms with Crippen LogP contribution in [0, 0.1) is 5.92 Å². The Morgan fingerprint density at radius 3 is 2.33 bits per heavy atom. The number of hydrogen-bond acceptors (Lipinski definition) is 2. The normalized spacial score (nSPS) is 27.2. The van der Waals surface area contributed by atoms with Crippen molar-refractivity contribution in [2.24, 2.45) is 5.92 Å². The molecule has 18 heavy (non-hydrogen) atoms. The van der Waals surface area contributed by atoms with Crippen molar-refractivity contribution in [3.8, 4) is 0 Å². The predicted molar refractivity (Wildman–Crippen MR) is 79.0 cm³/mol. The molecule has 0 aromatic carbocycles. The zero-order valence-corrected chi connectivity index (χ0v) is 13.1. The predicted octanol–water partition coefficient (Wildman–Crippen LogP) is 4.14. The topological polar surface area (TPSA) is 21.3 Å². The van der Waals surface area contributed by atoms with Gasteiger partial charge in [-0.2, -0.15) is 0 Å². The van der Waals surface area contributed by atoms with Crippen LogP contribution in [0.4, 0.5) is 0 Å². The number of rotatable bonds is 7. The maximum absolute atomic E-state index is 5.51. The molecular weight excluding hydrogens is 222 g/mol. The third-order valence-corrected chi connectivity index (χ3v) is 4.41. The summed E-state index contributed by atoms with van der Waals surface area (Å²) in [6.45, 7) is 8.94. The lowest BCUT2D eigenvalue weighted by atomic mass is 9.83. The Morgan fingerprint density at radius 1 is 1.22 bits per heavy atom. The molecule has 1 aliphatic carbocycles. The monoisotopic (exact) mass is 255 g/mol. The quantitative estimate of drug-likeness (QED) is 0.738. The first-order chi connectivity index (χ1) is 8.46. The highest BCUT2D eigenvalue weighted by Crippen LogP contribution is 2.28. The number of hydrogen-bond donors (Lipinski definition) is 1. The van der Waals surface area contributed by atoms with Crippen LogP contribution in [-0.2, 0) is 4.74 Å². The molecule has 0 radical (unpaired) electrons. The van der Waals surface area contributed by atoms with Crippen LogP contribution < -0.4 is 5.32 Å². The highest BCUT2D eigenvalue weighted by molar-refractivity contribution is 4.82. The maximum Gasteiger partial charge on any atom is 0.0637 e. The standard InChI is InChI=1S/C16H33NO/c1-6-7-14-8-10-15(11-9-14)17-13(2)12-16(3,4)18-5/h13-15,17H,6-12H2,1-5H3. The van der Waals surface area contributed by atoms with Crippen LogP contribution in [0.15, 0.2) is 0 Å². The largest absolute Gasteiger partial charge is 0.379 e. The Labute approximate surface area is 114 Å². The summed E-state index contributed by atoms with van der Waals surface area (Å²) in [7, 11) is 1.81. The van der Waals surface area contributed by atoms with E-state index < -0.39 is 0 Å². The van der Waals surface area contributed by atoms with E-state index in [-0.39, 0.29) is 5.60 Å². The minimum absolute atomic E-state index is 0.00811. The molecule has 2 heteroatoms. The first-order valence-corrected chi connectivity index (χ1v) is 7.78. The molecule has 2 nitrogen and oxygen atoms in total. The van der Waals surface area contributed by atoms with E-state index in [1.807, 2.05) is 7.11 Å². The van der Waals surface area contributed by atoms with Crippen molar-refractivity contribution in [2.45, 2.75) is 90.3 Å². The molecule has 0 bridgehead atoms. The van der Waals surface area contributed by atoms with Gasteiger partial charge in [0.05, 0.1) is 5.60 Å². The average molecular weight is 255 g/mol. The molecule has 0 amide bonds. The first kappa shape index (κ1) is 16.0. The minimum atomic E-state index is -0.00811. The van der Waals surface area contributed by atoms with E-state index in [1.165, 1.54) is 38.5 Å². The van der Waals surface area contributed by atoms with Gasteiger partial charge in [-0.15, -0.1) is 0 Å². The number of nitrogens with one attached hydrogen (secondary N) is 1. The van der Waals surface area contributed by atoms with E-state index in [2.05, 4.69) is 33.0 Å². The molecule has 0 aliphatic heterocycles. The smallest absolute Gasteiger partial charge is 0.0637 e. The van der Waals surface area contributed by atoms with Crippen molar-refractivity contribution in [1.29, 1.82) is 0 Å². The van der Waals surface area contributed by atoms with Crippen molar-refractivity contribution >= 4 is 0 Å². The molecule has 0 heterocycles. The Bertz CT molecular complexity index is 219. The van der Waals surface area contributed by atoms with Gasteiger partial charge in [0.25, 0.3) is 0 Å². The lowest BCUT2D eigenvalue weighted by Gasteiger charge is -2.33. The van der Waals surface area contributed by atoms with Crippen molar-refractivity contribution < 1.29 is 4.74 Å². The van der Waals surface area contributed by atoms with Gasteiger partial charge in [-0.1, -0.05) is 19.8 Å². The summed E-state index contributed by atoms with van der Waals surface area (Å²) in [4.78, 5) is 0. The minimum Gasteiger partial charge on any atom is -0.379 e. The lowest BCUT2D eigenvalue weighted by molar-refractivity contribution is 0.00710. The molecule has 1 rings (SSSR count). The Kier molecular flexibility index (Phi) is 6.65. The molecule has 0 spiro atoms. The molecule has 1 aliphatic rings. The van der Waals surface area contributed by atoms with Gasteiger partial charge in [-0.25, -0.2) is 0 Å². The summed E-state index contributed by atoms with van der Waals surface area (Å²) in [6, 6.07) is 1.29. The second-order valence-corrected chi connectivity index (χ2v) is 6.74. The maximum atomic E-state index is 5.51. The third kappa shape index (κ3) is 5.71. The van der Waals surface area contributed by atoms with Gasteiger partial charge in [0.2, 0.25) is 0 Å². The van der Waals surface area contributed by atoms with Crippen LogP contribution >= 0.6 is 0 Å². The Morgan fingerprint density at radius 2 is 1.83 bits per heavy atom. The average Bonchev–Trinajstić information content (AvgIpc) is 2.31. The summed E-state index contributed by atoms with van der Waals surface area (Å²) in [5.74, 6) is 0.999. The van der Waals surface area contributed by atoms with Gasteiger partial charge >= 0.3 is 0 Å². The van der Waals surface area contributed by atoms with E-state index in [0.717, 1.165) is 18.4 Å². The molecule has 1 fully saturated rings. The van der Waals surface area contributed by atoms with Crippen LogP contribution in [-0.4, -0.2) is 24.8 Å². The molecule has 108 valence electrons. The van der Waals surface area contributed by atoms with E-state index in [9.17, 15) is 0 Å². The lowest BCUT2D eigenvalue weighted by Crippen LogP contribution is -2.42. The van der Waals surface area contributed by atoms with Crippen LogP contribution in [0.1, 0.15) is 72.6 Å². The Balaban J connectivity index is 2.24. The molecule has 1 N–H and O–H groups in total. The van der Waals surface area contributed by atoms with Crippen molar-refractivity contribution in [1.82, 2.24) is 5.32 Å². The van der Waals surface area contributed by atoms with Crippen LogP contribution in [0.25, 0.3) is 0 Å². The Hall–Kier alpha value is -0.0800. The van der Waals surface area contributed by atoms with Gasteiger partial charge in [0.15, 0.2) is 0 Å². The van der Waals surface area contributed by atoms with E-state index in [1.54, 1.807) is 0 Å². The highest BCUT2D eigenvalue weighted by Gasteiger charge is 2.24. The van der Waals surface area contributed by atoms with Gasteiger partial charge < -0.3 is 10.1 Å². The fourth-order valence-corrected chi connectivity index (χ4v) is 3.31. The van der Waals surface area contributed by atoms with Gasteiger partial charge in [-0.05, 0) is 58.8 Å². The van der Waals surface area contributed by atoms with Crippen molar-refractivity contribution in [3.63, 3.8) is 0 Å². The first-order valence-electron chi connectivity index (χ1n) is 7.78. The van der Waals surface area contributed by atoms with E-state index >= 15 is 0 Å². The molecule has 1 unspecified atom stereocenters. The zero-order valence-electron chi connectivity index (χ0n) is 13.1. The van der Waals surface area contributed by atoms with Crippen LogP contribution in [0.2, 0.25) is 0 Å². The third-order valence-electron chi connectivity index (χ3n) is 4.41. The molecule has 0 aromatic rings. The highest BCUT2D eigenvalue weighted by atomic mass is 16.5. The van der Waals surface area contributed by atoms with Crippen molar-refractivity contribution in [3.05, 3.63) is 0 Å². The summed E-state index contributed by atoms with van der Waals surface area (Å²) in [5, 5.41) is 3.79. The number of ether oxygens (including phenoxy) is 1. The van der Waals surface area contributed by atoms with Crippen LogP contribution in [0.3, 0.4) is 0 Å². The summed E-state index contributed by atoms with van der Waals surface area (Å²) in [5.41, 5.74) is -0.00811. The van der Waals surface area contributed by atoms with Crippen LogP contribution in [0.5, 0.6) is 0 Å². The van der Waals surface area contributed by atoms with Gasteiger partial charge in [0, 0.05) is 19.2 Å². The second-order valence-electron chi connectivity index (χ2n) is 6.74. The number of methoxy groups -OCH3 is 1. The molecule has 0 saturated heterocycles. The summed E-state index contributed by atoms with van der Waals surface area (Å²) < 4.78 is 5.51. The van der Waals surface area contributed by atoms with Gasteiger partial charge in [0.1, 0.15) is 0 Å². The van der Waals surface area contributed by atoms with E-state index in [0.29, 0.717) is 6.04 Å².